The Labute approximate surface area is 175 Å². The van der Waals surface area contributed by atoms with Crippen LogP contribution in [0.3, 0.4) is 0 Å². The maximum absolute atomic E-state index is 11.6. The Hall–Kier alpha value is -0.130. The molecule has 2 N–H and O–H groups in total. The lowest BCUT2D eigenvalue weighted by Gasteiger charge is -2.13. The van der Waals surface area contributed by atoms with Crippen LogP contribution in [0.15, 0.2) is 0 Å². The molecule has 0 bridgehead atoms. The molecule has 0 fully saturated rings. The van der Waals surface area contributed by atoms with Crippen LogP contribution < -0.4 is 0 Å². The van der Waals surface area contributed by atoms with Gasteiger partial charge in [-0.3, -0.25) is 4.55 Å². The summed E-state index contributed by atoms with van der Waals surface area (Å²) in [5.41, 5.74) is 0. The van der Waals surface area contributed by atoms with Crippen LogP contribution in [0.2, 0.25) is 0 Å². The zero-order chi connectivity index (χ0) is 21.1. The van der Waals surface area contributed by atoms with E-state index in [1.54, 1.807) is 0 Å². The van der Waals surface area contributed by atoms with Crippen molar-refractivity contribution in [2.75, 3.05) is 0 Å². The second-order valence-corrected chi connectivity index (χ2v) is 10.4. The van der Waals surface area contributed by atoms with Gasteiger partial charge in [0.05, 0.1) is 11.4 Å². The van der Waals surface area contributed by atoms with Crippen LogP contribution in [0.25, 0.3) is 0 Å². The third-order valence-electron chi connectivity index (χ3n) is 5.70. The van der Waals surface area contributed by atoms with E-state index >= 15 is 0 Å². The van der Waals surface area contributed by atoms with Crippen molar-refractivity contribution in [3.8, 4) is 0 Å². The topological polar surface area (TPSA) is 74.6 Å². The fourth-order valence-electron chi connectivity index (χ4n) is 3.82. The van der Waals surface area contributed by atoms with Crippen LogP contribution in [0.5, 0.6) is 0 Å². The van der Waals surface area contributed by atoms with E-state index < -0.39 is 15.4 Å². The molecular weight excluding hydrogens is 372 g/mol. The molecule has 0 aliphatic heterocycles. The number of aliphatic hydroxyl groups is 1. The second-order valence-electron chi connectivity index (χ2n) is 8.66. The fourth-order valence-corrected chi connectivity index (χ4v) is 4.75. The lowest BCUT2D eigenvalue weighted by Crippen LogP contribution is -2.20. The van der Waals surface area contributed by atoms with Gasteiger partial charge in [0.1, 0.15) is 0 Å². The maximum Gasteiger partial charge on any atom is 0.267 e. The van der Waals surface area contributed by atoms with E-state index in [-0.39, 0.29) is 6.10 Å². The van der Waals surface area contributed by atoms with Gasteiger partial charge in [-0.25, -0.2) is 0 Å². The fraction of sp³-hybridized carbons (Fsp3) is 1.00. The monoisotopic (exact) mass is 420 g/mol. The van der Waals surface area contributed by atoms with Gasteiger partial charge in [0.2, 0.25) is 0 Å². The predicted molar refractivity (Wildman–Crippen MR) is 120 cm³/mol. The summed E-state index contributed by atoms with van der Waals surface area (Å²) < 4.78 is 32.7. The molecule has 0 aromatic carbocycles. The minimum atomic E-state index is -3.90. The zero-order valence-electron chi connectivity index (χ0n) is 18.7. The SMILES string of the molecule is CCCCCCCCCCC(CCCCCCCCCCC(C)O)S(=O)(=O)O. The van der Waals surface area contributed by atoms with E-state index in [0.717, 1.165) is 44.9 Å². The highest BCUT2D eigenvalue weighted by Crippen LogP contribution is 2.19. The summed E-state index contributed by atoms with van der Waals surface area (Å²) in [5.74, 6) is 0. The number of hydrogen-bond acceptors (Lipinski definition) is 3. The van der Waals surface area contributed by atoms with Crippen molar-refractivity contribution in [3.63, 3.8) is 0 Å². The number of hydrogen-bond donors (Lipinski definition) is 2. The largest absolute Gasteiger partial charge is 0.393 e. The molecule has 0 amide bonds. The van der Waals surface area contributed by atoms with Gasteiger partial charge < -0.3 is 5.11 Å². The molecule has 5 heteroatoms. The smallest absolute Gasteiger partial charge is 0.267 e. The van der Waals surface area contributed by atoms with Crippen molar-refractivity contribution >= 4 is 10.1 Å². The van der Waals surface area contributed by atoms with Crippen molar-refractivity contribution < 1.29 is 18.1 Å². The van der Waals surface area contributed by atoms with Gasteiger partial charge >= 0.3 is 0 Å². The molecule has 0 aliphatic carbocycles. The first kappa shape index (κ1) is 27.9. The first-order valence-electron chi connectivity index (χ1n) is 12.0. The van der Waals surface area contributed by atoms with Crippen molar-refractivity contribution in [3.05, 3.63) is 0 Å². The molecule has 0 saturated heterocycles. The summed E-state index contributed by atoms with van der Waals surface area (Å²) in [4.78, 5) is 0. The molecule has 28 heavy (non-hydrogen) atoms. The van der Waals surface area contributed by atoms with E-state index in [9.17, 15) is 18.1 Å². The third kappa shape index (κ3) is 19.2. The van der Waals surface area contributed by atoms with Crippen molar-refractivity contribution in [2.24, 2.45) is 0 Å². The van der Waals surface area contributed by atoms with Gasteiger partial charge in [-0.1, -0.05) is 110 Å². The van der Waals surface area contributed by atoms with E-state index in [1.807, 2.05) is 6.92 Å². The Morgan fingerprint density at radius 3 is 1.25 bits per heavy atom. The van der Waals surface area contributed by atoms with Gasteiger partial charge in [0.15, 0.2) is 0 Å². The summed E-state index contributed by atoms with van der Waals surface area (Å²) in [5, 5.41) is 8.65. The highest BCUT2D eigenvalue weighted by atomic mass is 32.2. The lowest BCUT2D eigenvalue weighted by atomic mass is 10.0. The Bertz CT molecular complexity index is 420. The van der Waals surface area contributed by atoms with E-state index in [4.69, 9.17) is 0 Å². The Balaban J connectivity index is 3.66. The maximum atomic E-state index is 11.6. The summed E-state index contributed by atoms with van der Waals surface area (Å²) in [6.07, 6.45) is 20.5. The third-order valence-corrected chi connectivity index (χ3v) is 7.01. The van der Waals surface area contributed by atoms with E-state index in [1.165, 1.54) is 64.2 Å². The summed E-state index contributed by atoms with van der Waals surface area (Å²) in [7, 11) is -3.90. The predicted octanol–water partition coefficient (Wildman–Crippen LogP) is 7.06. The molecule has 2 unspecified atom stereocenters. The molecule has 0 aromatic rings. The average molecular weight is 421 g/mol. The molecular formula is C23H48O4S. The van der Waals surface area contributed by atoms with Gasteiger partial charge in [0.25, 0.3) is 10.1 Å². The van der Waals surface area contributed by atoms with Crippen LogP contribution in [0.1, 0.15) is 136 Å². The van der Waals surface area contributed by atoms with Crippen LogP contribution in [0, 0.1) is 0 Å². The first-order chi connectivity index (χ1) is 13.4. The van der Waals surface area contributed by atoms with E-state index in [2.05, 4.69) is 6.92 Å². The molecule has 0 heterocycles. The van der Waals surface area contributed by atoms with Crippen LogP contribution in [-0.2, 0) is 10.1 Å². The van der Waals surface area contributed by atoms with Crippen molar-refractivity contribution in [1.82, 2.24) is 0 Å². The minimum absolute atomic E-state index is 0.179. The highest BCUT2D eigenvalue weighted by Gasteiger charge is 2.21. The first-order valence-corrected chi connectivity index (χ1v) is 13.5. The summed E-state index contributed by atoms with van der Waals surface area (Å²) >= 11 is 0. The van der Waals surface area contributed by atoms with Gasteiger partial charge in [0, 0.05) is 0 Å². The second kappa shape index (κ2) is 18.9. The van der Waals surface area contributed by atoms with Crippen molar-refractivity contribution in [2.45, 2.75) is 147 Å². The van der Waals surface area contributed by atoms with Crippen LogP contribution in [-0.4, -0.2) is 29.4 Å². The number of aliphatic hydroxyl groups excluding tert-OH is 1. The molecule has 170 valence electrons. The molecule has 0 aromatic heterocycles. The van der Waals surface area contributed by atoms with Crippen LogP contribution in [0.4, 0.5) is 0 Å². The Morgan fingerprint density at radius 2 is 0.929 bits per heavy atom. The zero-order valence-corrected chi connectivity index (χ0v) is 19.5. The molecule has 0 saturated carbocycles. The molecule has 0 rings (SSSR count). The number of rotatable bonds is 21. The van der Waals surface area contributed by atoms with Gasteiger partial charge in [-0.05, 0) is 26.2 Å². The standard InChI is InChI=1S/C23H48O4S/c1-3-4-5-6-7-11-14-17-20-23(28(25,26)27)21-18-15-12-9-8-10-13-16-19-22(2)24/h22-24H,3-21H2,1-2H3,(H,25,26,27). The summed E-state index contributed by atoms with van der Waals surface area (Å²) in [6.45, 7) is 4.06. The molecule has 2 atom stereocenters. The van der Waals surface area contributed by atoms with Crippen molar-refractivity contribution in [1.29, 1.82) is 0 Å². The summed E-state index contributed by atoms with van der Waals surface area (Å²) in [6, 6.07) is 0. The molecule has 0 radical (unpaired) electrons. The number of unbranched alkanes of at least 4 members (excludes halogenated alkanes) is 14. The molecule has 4 nitrogen and oxygen atoms in total. The molecule has 0 aliphatic rings. The quantitative estimate of drug-likeness (QED) is 0.154. The van der Waals surface area contributed by atoms with Gasteiger partial charge in [-0.2, -0.15) is 8.42 Å². The Kier molecular flexibility index (Phi) is 18.8. The average Bonchev–Trinajstić information content (AvgIpc) is 2.62. The van der Waals surface area contributed by atoms with Gasteiger partial charge in [-0.15, -0.1) is 0 Å². The highest BCUT2D eigenvalue weighted by molar-refractivity contribution is 7.86. The van der Waals surface area contributed by atoms with E-state index in [0.29, 0.717) is 12.8 Å². The van der Waals surface area contributed by atoms with Crippen LogP contribution >= 0.6 is 0 Å². The normalized spacial score (nSPS) is 14.3. The minimum Gasteiger partial charge on any atom is -0.393 e. The lowest BCUT2D eigenvalue weighted by molar-refractivity contribution is 0.180. The molecule has 0 spiro atoms. The Morgan fingerprint density at radius 1 is 0.607 bits per heavy atom.